The molecule has 7 nitrogen and oxygen atoms in total. The van der Waals surface area contributed by atoms with Crippen molar-refractivity contribution in [1.29, 1.82) is 0 Å². The average Bonchev–Trinajstić information content (AvgIpc) is 2.73. The van der Waals surface area contributed by atoms with Gasteiger partial charge < -0.3 is 14.7 Å². The highest BCUT2D eigenvalue weighted by Gasteiger charge is 2.35. The summed E-state index contributed by atoms with van der Waals surface area (Å²) in [5.74, 6) is 0.170. The molecule has 1 saturated carbocycles. The number of piperidine rings is 1. The molecule has 2 fully saturated rings. The normalized spacial score (nSPS) is 23.6. The molecule has 1 saturated heterocycles. The van der Waals surface area contributed by atoms with Crippen LogP contribution in [0.4, 0.5) is 0 Å². The second kappa shape index (κ2) is 8.80. The Morgan fingerprint density at radius 2 is 1.82 bits per heavy atom. The molecule has 1 aliphatic heterocycles. The topological polar surface area (TPSA) is 87.1 Å². The highest BCUT2D eigenvalue weighted by Crippen LogP contribution is 2.30. The minimum Gasteiger partial charge on any atom is -0.496 e. The van der Waals surface area contributed by atoms with Crippen molar-refractivity contribution < 1.29 is 23.1 Å². The minimum atomic E-state index is -3.84. The molecule has 0 bridgehead atoms. The Kier molecular flexibility index (Phi) is 6.62. The molecule has 0 aromatic heterocycles. The standard InChI is InChI=1S/C20H30N2O5S/c1-21(17-8-4-5-9-18(17)23)28(25,26)15-10-11-19(27-2)16(14-15)20(24)22-12-6-3-7-13-22/h10-11,14,17-18,23H,3-9,12-13H2,1-2H3/t17-,18+/m0/s1. The predicted molar refractivity (Wildman–Crippen MR) is 106 cm³/mol. The van der Waals surface area contributed by atoms with Gasteiger partial charge in [0.1, 0.15) is 5.75 Å². The summed E-state index contributed by atoms with van der Waals surface area (Å²) >= 11 is 0. The van der Waals surface area contributed by atoms with E-state index >= 15 is 0 Å². The van der Waals surface area contributed by atoms with E-state index in [0.717, 1.165) is 32.1 Å². The molecule has 1 heterocycles. The number of hydrogen-bond acceptors (Lipinski definition) is 5. The van der Waals surface area contributed by atoms with Crippen molar-refractivity contribution in [3.8, 4) is 5.75 Å². The van der Waals surface area contributed by atoms with Gasteiger partial charge >= 0.3 is 0 Å². The van der Waals surface area contributed by atoms with Crippen molar-refractivity contribution in [1.82, 2.24) is 9.21 Å². The van der Waals surface area contributed by atoms with Crippen molar-refractivity contribution in [2.45, 2.75) is 62.0 Å². The number of benzene rings is 1. The van der Waals surface area contributed by atoms with Crippen LogP contribution >= 0.6 is 0 Å². The molecule has 1 aromatic carbocycles. The fourth-order valence-corrected chi connectivity index (χ4v) is 5.58. The van der Waals surface area contributed by atoms with Gasteiger partial charge in [0.15, 0.2) is 0 Å². The molecule has 1 amide bonds. The lowest BCUT2D eigenvalue weighted by Crippen LogP contribution is -2.46. The number of carbonyl (C=O) groups is 1. The van der Waals surface area contributed by atoms with E-state index in [1.54, 1.807) is 4.90 Å². The number of sulfonamides is 1. The number of likely N-dealkylation sites (tertiary alicyclic amines) is 1. The zero-order valence-corrected chi connectivity index (χ0v) is 17.5. The maximum atomic E-state index is 13.2. The van der Waals surface area contributed by atoms with E-state index in [1.807, 2.05) is 0 Å². The first-order valence-electron chi connectivity index (χ1n) is 9.99. The van der Waals surface area contributed by atoms with Crippen LogP contribution in [0.2, 0.25) is 0 Å². The van der Waals surface area contributed by atoms with Gasteiger partial charge in [0.2, 0.25) is 10.0 Å². The number of nitrogens with zero attached hydrogens (tertiary/aromatic N) is 2. The molecular weight excluding hydrogens is 380 g/mol. The maximum absolute atomic E-state index is 13.2. The molecule has 28 heavy (non-hydrogen) atoms. The molecule has 1 aromatic rings. The van der Waals surface area contributed by atoms with Crippen molar-refractivity contribution in [2.75, 3.05) is 27.2 Å². The number of rotatable bonds is 5. The Bertz CT molecular complexity index is 805. The smallest absolute Gasteiger partial charge is 0.257 e. The summed E-state index contributed by atoms with van der Waals surface area (Å²) in [7, 11) is -0.858. The quantitative estimate of drug-likeness (QED) is 0.804. The van der Waals surface area contributed by atoms with Crippen LogP contribution in [0, 0.1) is 0 Å². The zero-order chi connectivity index (χ0) is 20.3. The first-order chi connectivity index (χ1) is 13.4. The summed E-state index contributed by atoms with van der Waals surface area (Å²) in [5, 5.41) is 10.3. The molecule has 1 N–H and O–H groups in total. The Hall–Kier alpha value is -1.64. The summed E-state index contributed by atoms with van der Waals surface area (Å²) < 4.78 is 32.9. The van der Waals surface area contributed by atoms with E-state index in [-0.39, 0.29) is 16.4 Å². The summed E-state index contributed by atoms with van der Waals surface area (Å²) in [6.07, 6.45) is 5.37. The van der Waals surface area contributed by atoms with Crippen molar-refractivity contribution >= 4 is 15.9 Å². The van der Waals surface area contributed by atoms with Gasteiger partial charge in [0.05, 0.1) is 29.7 Å². The molecule has 3 rings (SSSR count). The number of methoxy groups -OCH3 is 1. The van der Waals surface area contributed by atoms with Crippen molar-refractivity contribution in [3.63, 3.8) is 0 Å². The second-order valence-electron chi connectivity index (χ2n) is 7.66. The second-order valence-corrected chi connectivity index (χ2v) is 9.65. The van der Waals surface area contributed by atoms with E-state index in [1.165, 1.54) is 36.7 Å². The number of likely N-dealkylation sites (N-methyl/N-ethyl adjacent to an activating group) is 1. The monoisotopic (exact) mass is 410 g/mol. The van der Waals surface area contributed by atoms with Crippen LogP contribution < -0.4 is 4.74 Å². The SMILES string of the molecule is COc1ccc(S(=O)(=O)N(C)[C@H]2CCCC[C@H]2O)cc1C(=O)N1CCCCC1. The largest absolute Gasteiger partial charge is 0.496 e. The van der Waals surface area contributed by atoms with Crippen LogP contribution in [0.1, 0.15) is 55.3 Å². The van der Waals surface area contributed by atoms with Gasteiger partial charge in [-0.05, 0) is 50.3 Å². The number of carbonyl (C=O) groups excluding carboxylic acids is 1. The number of ether oxygens (including phenoxy) is 1. The number of aliphatic hydroxyl groups is 1. The lowest BCUT2D eigenvalue weighted by atomic mass is 9.93. The van der Waals surface area contributed by atoms with Gasteiger partial charge in [0, 0.05) is 20.1 Å². The molecule has 2 aliphatic rings. The van der Waals surface area contributed by atoms with Crippen LogP contribution in [0.15, 0.2) is 23.1 Å². The first kappa shape index (κ1) is 21.1. The molecule has 0 unspecified atom stereocenters. The average molecular weight is 411 g/mol. The van der Waals surface area contributed by atoms with Crippen LogP contribution in [-0.4, -0.2) is 68.0 Å². The predicted octanol–water partition coefficient (Wildman–Crippen LogP) is 2.25. The van der Waals surface area contributed by atoms with Gasteiger partial charge in [-0.2, -0.15) is 4.31 Å². The van der Waals surface area contributed by atoms with E-state index in [2.05, 4.69) is 0 Å². The molecule has 0 spiro atoms. The van der Waals surface area contributed by atoms with Gasteiger partial charge in [0.25, 0.3) is 5.91 Å². The van der Waals surface area contributed by atoms with Crippen molar-refractivity contribution in [3.05, 3.63) is 23.8 Å². The van der Waals surface area contributed by atoms with Crippen LogP contribution in [0.25, 0.3) is 0 Å². The summed E-state index contributed by atoms with van der Waals surface area (Å²) in [5.41, 5.74) is 0.267. The Morgan fingerprint density at radius 3 is 2.46 bits per heavy atom. The highest BCUT2D eigenvalue weighted by atomic mass is 32.2. The Balaban J connectivity index is 1.91. The van der Waals surface area contributed by atoms with E-state index in [0.29, 0.717) is 31.7 Å². The number of aliphatic hydroxyl groups excluding tert-OH is 1. The van der Waals surface area contributed by atoms with Crippen LogP contribution in [0.5, 0.6) is 5.75 Å². The third-order valence-corrected chi connectivity index (χ3v) is 7.76. The van der Waals surface area contributed by atoms with E-state index in [4.69, 9.17) is 4.74 Å². The molecule has 2 atom stereocenters. The third kappa shape index (κ3) is 4.18. The van der Waals surface area contributed by atoms with Gasteiger partial charge in [-0.25, -0.2) is 8.42 Å². The van der Waals surface area contributed by atoms with Gasteiger partial charge in [-0.1, -0.05) is 12.8 Å². The molecule has 8 heteroatoms. The third-order valence-electron chi connectivity index (χ3n) is 5.88. The summed E-state index contributed by atoms with van der Waals surface area (Å²) in [6.45, 7) is 1.35. The number of hydrogen-bond donors (Lipinski definition) is 1. The van der Waals surface area contributed by atoms with Gasteiger partial charge in [-0.15, -0.1) is 0 Å². The first-order valence-corrected chi connectivity index (χ1v) is 11.4. The van der Waals surface area contributed by atoms with Gasteiger partial charge in [-0.3, -0.25) is 4.79 Å². The Labute approximate surface area is 167 Å². The minimum absolute atomic E-state index is 0.0499. The molecular formula is C20H30N2O5S. The fraction of sp³-hybridized carbons (Fsp3) is 0.650. The number of amides is 1. The lowest BCUT2D eigenvalue weighted by molar-refractivity contribution is 0.0637. The molecule has 156 valence electrons. The highest BCUT2D eigenvalue weighted by molar-refractivity contribution is 7.89. The maximum Gasteiger partial charge on any atom is 0.257 e. The summed E-state index contributed by atoms with van der Waals surface area (Å²) in [4.78, 5) is 14.8. The van der Waals surface area contributed by atoms with Crippen LogP contribution in [0.3, 0.4) is 0 Å². The fourth-order valence-electron chi connectivity index (χ4n) is 4.14. The Morgan fingerprint density at radius 1 is 1.14 bits per heavy atom. The summed E-state index contributed by atoms with van der Waals surface area (Å²) in [6, 6.07) is 3.97. The molecule has 0 radical (unpaired) electrons. The lowest BCUT2D eigenvalue weighted by Gasteiger charge is -2.34. The zero-order valence-electron chi connectivity index (χ0n) is 16.6. The molecule has 1 aliphatic carbocycles. The van der Waals surface area contributed by atoms with E-state index < -0.39 is 22.2 Å². The van der Waals surface area contributed by atoms with E-state index in [9.17, 15) is 18.3 Å². The van der Waals surface area contributed by atoms with Crippen molar-refractivity contribution in [2.24, 2.45) is 0 Å². The van der Waals surface area contributed by atoms with Crippen LogP contribution in [-0.2, 0) is 10.0 Å².